The molecule has 0 bridgehead atoms. The molecule has 1 unspecified atom stereocenters. The van der Waals surface area contributed by atoms with Crippen LogP contribution in [0, 0.1) is 6.92 Å². The van der Waals surface area contributed by atoms with Crippen molar-refractivity contribution in [3.8, 4) is 11.5 Å². The molecule has 10 heteroatoms. The zero-order valence-electron chi connectivity index (χ0n) is 19.7. The highest BCUT2D eigenvalue weighted by Gasteiger charge is 2.28. The average molecular weight is 479 g/mol. The predicted molar refractivity (Wildman–Crippen MR) is 124 cm³/mol. The molecule has 0 saturated carbocycles. The van der Waals surface area contributed by atoms with Gasteiger partial charge in [-0.15, -0.1) is 0 Å². The highest BCUT2D eigenvalue weighted by atomic mass is 32.2. The van der Waals surface area contributed by atoms with Crippen molar-refractivity contribution < 1.29 is 32.2 Å². The Labute approximate surface area is 194 Å². The van der Waals surface area contributed by atoms with E-state index in [0.717, 1.165) is 5.56 Å². The molecule has 0 aliphatic rings. The Hall–Kier alpha value is -3.11. The largest absolute Gasteiger partial charge is 0.495 e. The van der Waals surface area contributed by atoms with Crippen molar-refractivity contribution in [1.29, 1.82) is 0 Å². The van der Waals surface area contributed by atoms with Crippen LogP contribution in [0.3, 0.4) is 0 Å². The van der Waals surface area contributed by atoms with Crippen molar-refractivity contribution in [3.05, 3.63) is 47.5 Å². The summed E-state index contributed by atoms with van der Waals surface area (Å²) in [7, 11) is -1.06. The molecule has 0 heterocycles. The quantitative estimate of drug-likeness (QED) is 0.522. The number of methoxy groups -OCH3 is 2. The lowest BCUT2D eigenvalue weighted by Crippen LogP contribution is -2.31. The lowest BCUT2D eigenvalue weighted by Gasteiger charge is -2.20. The van der Waals surface area contributed by atoms with Crippen LogP contribution in [0.5, 0.6) is 11.5 Å². The zero-order chi connectivity index (χ0) is 24.8. The molecule has 2 aromatic carbocycles. The Kier molecular flexibility index (Phi) is 8.84. The van der Waals surface area contributed by atoms with Gasteiger partial charge >= 0.3 is 5.97 Å². The topological polar surface area (TPSA) is 111 Å². The summed E-state index contributed by atoms with van der Waals surface area (Å²) in [6.45, 7) is 7.25. The molecule has 0 spiro atoms. The number of nitrogens with zero attached hydrogens (tertiary/aromatic N) is 1. The van der Waals surface area contributed by atoms with Crippen molar-refractivity contribution in [3.63, 3.8) is 0 Å². The minimum absolute atomic E-state index is 0.0192. The Morgan fingerprint density at radius 2 is 1.61 bits per heavy atom. The van der Waals surface area contributed by atoms with Crippen LogP contribution in [0.25, 0.3) is 0 Å². The van der Waals surface area contributed by atoms with Gasteiger partial charge in [-0.25, -0.2) is 13.2 Å². The first kappa shape index (κ1) is 26.1. The number of nitrogens with one attached hydrogen (secondary N) is 1. The van der Waals surface area contributed by atoms with E-state index in [2.05, 4.69) is 5.32 Å². The number of carbonyl (C=O) groups excluding carboxylic acids is 2. The third-order valence-corrected chi connectivity index (χ3v) is 7.06. The molecule has 0 aliphatic carbocycles. The summed E-state index contributed by atoms with van der Waals surface area (Å²) in [6.07, 6.45) is -1.15. The van der Waals surface area contributed by atoms with E-state index in [4.69, 9.17) is 14.2 Å². The number of anilines is 1. The fourth-order valence-corrected chi connectivity index (χ4v) is 4.78. The molecular formula is C23H30N2O7S. The maximum atomic E-state index is 13.0. The lowest BCUT2D eigenvalue weighted by molar-refractivity contribution is -0.123. The van der Waals surface area contributed by atoms with Gasteiger partial charge in [0.2, 0.25) is 10.0 Å². The number of hydrogen-bond acceptors (Lipinski definition) is 7. The minimum Gasteiger partial charge on any atom is -0.495 e. The Morgan fingerprint density at radius 1 is 1.00 bits per heavy atom. The summed E-state index contributed by atoms with van der Waals surface area (Å²) in [5.74, 6) is -0.825. The molecule has 0 aromatic heterocycles. The molecule has 0 aliphatic heterocycles. The van der Waals surface area contributed by atoms with E-state index >= 15 is 0 Å². The van der Waals surface area contributed by atoms with Crippen LogP contribution in [0.1, 0.15) is 36.7 Å². The normalized spacial score (nSPS) is 12.2. The van der Waals surface area contributed by atoms with E-state index < -0.39 is 28.0 Å². The van der Waals surface area contributed by atoms with E-state index in [1.54, 1.807) is 26.0 Å². The number of amides is 1. The van der Waals surface area contributed by atoms with Gasteiger partial charge in [-0.05, 0) is 49.7 Å². The smallest absolute Gasteiger partial charge is 0.338 e. The minimum atomic E-state index is -3.89. The zero-order valence-corrected chi connectivity index (χ0v) is 20.5. The SMILES string of the molecule is CCN(CC)S(=O)(=O)c1cc(C(=O)OC(C)C(=O)Nc2cc(C)ccc2OC)ccc1OC. The van der Waals surface area contributed by atoms with Crippen molar-refractivity contribution in [2.45, 2.75) is 38.7 Å². The molecule has 1 N–H and O–H groups in total. The first-order valence-electron chi connectivity index (χ1n) is 10.4. The van der Waals surface area contributed by atoms with Crippen molar-refractivity contribution >= 4 is 27.6 Å². The maximum absolute atomic E-state index is 13.0. The molecule has 1 atom stereocenters. The second kappa shape index (κ2) is 11.2. The van der Waals surface area contributed by atoms with Crippen LogP contribution in [-0.4, -0.2) is 58.0 Å². The van der Waals surface area contributed by atoms with E-state index in [1.807, 2.05) is 13.0 Å². The van der Waals surface area contributed by atoms with Gasteiger partial charge in [-0.2, -0.15) is 4.31 Å². The molecule has 180 valence electrons. The standard InChI is InChI=1S/C23H30N2O7S/c1-7-25(8-2)33(28,29)21-14-17(10-12-20(21)31-6)23(27)32-16(4)22(26)24-18-13-15(3)9-11-19(18)30-5/h9-14,16H,7-8H2,1-6H3,(H,24,26). The highest BCUT2D eigenvalue weighted by Crippen LogP contribution is 2.29. The van der Waals surface area contributed by atoms with Crippen molar-refractivity contribution in [2.75, 3.05) is 32.6 Å². The van der Waals surface area contributed by atoms with Crippen LogP contribution in [0.15, 0.2) is 41.3 Å². The fourth-order valence-electron chi connectivity index (χ4n) is 3.14. The number of hydrogen-bond donors (Lipinski definition) is 1. The van der Waals surface area contributed by atoms with Gasteiger partial charge in [-0.1, -0.05) is 19.9 Å². The molecule has 2 aromatic rings. The van der Waals surface area contributed by atoms with Crippen LogP contribution < -0.4 is 14.8 Å². The summed E-state index contributed by atoms with van der Waals surface area (Å²) in [5.41, 5.74) is 1.34. The molecular weight excluding hydrogens is 448 g/mol. The van der Waals surface area contributed by atoms with Crippen LogP contribution in [-0.2, 0) is 19.6 Å². The van der Waals surface area contributed by atoms with E-state index in [9.17, 15) is 18.0 Å². The Bertz CT molecular complexity index is 1110. The monoisotopic (exact) mass is 478 g/mol. The fraction of sp³-hybridized carbons (Fsp3) is 0.391. The van der Waals surface area contributed by atoms with E-state index in [-0.39, 0.29) is 29.3 Å². The number of carbonyl (C=O) groups is 2. The molecule has 0 fully saturated rings. The van der Waals surface area contributed by atoms with Crippen LogP contribution in [0.4, 0.5) is 5.69 Å². The summed E-state index contributed by atoms with van der Waals surface area (Å²) < 4.78 is 42.9. The maximum Gasteiger partial charge on any atom is 0.338 e. The molecule has 1 amide bonds. The molecule has 0 radical (unpaired) electrons. The summed E-state index contributed by atoms with van der Waals surface area (Å²) >= 11 is 0. The number of aryl methyl sites for hydroxylation is 1. The number of ether oxygens (including phenoxy) is 3. The third kappa shape index (κ3) is 6.02. The Morgan fingerprint density at radius 3 is 2.18 bits per heavy atom. The van der Waals surface area contributed by atoms with Gasteiger partial charge in [0.1, 0.15) is 16.4 Å². The number of rotatable bonds is 10. The summed E-state index contributed by atoms with van der Waals surface area (Å²) in [6, 6.07) is 9.26. The lowest BCUT2D eigenvalue weighted by atomic mass is 10.2. The van der Waals surface area contributed by atoms with Gasteiger partial charge in [-0.3, -0.25) is 4.79 Å². The highest BCUT2D eigenvalue weighted by molar-refractivity contribution is 7.89. The van der Waals surface area contributed by atoms with E-state index in [0.29, 0.717) is 11.4 Å². The predicted octanol–water partition coefficient (Wildman–Crippen LogP) is 3.23. The number of sulfonamides is 1. The molecule has 2 rings (SSSR count). The average Bonchev–Trinajstić information content (AvgIpc) is 2.79. The number of benzene rings is 2. The van der Waals surface area contributed by atoms with Crippen LogP contribution in [0.2, 0.25) is 0 Å². The van der Waals surface area contributed by atoms with Gasteiger partial charge in [0.05, 0.1) is 25.5 Å². The molecule has 33 heavy (non-hydrogen) atoms. The second-order valence-electron chi connectivity index (χ2n) is 7.20. The third-order valence-electron chi connectivity index (χ3n) is 4.99. The van der Waals surface area contributed by atoms with Gasteiger partial charge in [0.15, 0.2) is 6.10 Å². The summed E-state index contributed by atoms with van der Waals surface area (Å²) in [5, 5.41) is 2.68. The van der Waals surface area contributed by atoms with Crippen LogP contribution >= 0.6 is 0 Å². The first-order valence-corrected chi connectivity index (χ1v) is 11.9. The van der Waals surface area contributed by atoms with Gasteiger partial charge < -0.3 is 19.5 Å². The van der Waals surface area contributed by atoms with Crippen molar-refractivity contribution in [1.82, 2.24) is 4.31 Å². The first-order chi connectivity index (χ1) is 15.6. The summed E-state index contributed by atoms with van der Waals surface area (Å²) in [4.78, 5) is 25.1. The van der Waals surface area contributed by atoms with Crippen molar-refractivity contribution in [2.24, 2.45) is 0 Å². The Balaban J connectivity index is 2.24. The number of esters is 1. The van der Waals surface area contributed by atoms with E-state index in [1.165, 1.54) is 43.6 Å². The van der Waals surface area contributed by atoms with Gasteiger partial charge in [0.25, 0.3) is 5.91 Å². The molecule has 9 nitrogen and oxygen atoms in total. The molecule has 0 saturated heterocycles. The van der Waals surface area contributed by atoms with Gasteiger partial charge in [0, 0.05) is 13.1 Å². The second-order valence-corrected chi connectivity index (χ2v) is 9.10.